The lowest BCUT2D eigenvalue weighted by molar-refractivity contribution is 0.564. The standard InChI is InChI=1S/C22H34N2O4S2/c1-15(2)29(25,26)23-13-17(5)19-7-9-22-12-20(8-10-21(22)11-19)18(6)14-24-30(27,28)16(3)4/h7-12,15-18,23-24H,13-14H2,1-6H3/t17-,18-/m1/s1. The number of fused-ring (bicyclic) bond motifs is 1. The first-order valence-corrected chi connectivity index (χ1v) is 13.4. The zero-order chi connectivity index (χ0) is 22.7. The second-order valence-electron chi connectivity index (χ2n) is 8.55. The normalized spacial score (nSPS) is 15.1. The van der Waals surface area contributed by atoms with Crippen LogP contribution in [0.5, 0.6) is 0 Å². The summed E-state index contributed by atoms with van der Waals surface area (Å²) < 4.78 is 53.3. The van der Waals surface area contributed by atoms with E-state index in [0.29, 0.717) is 13.1 Å². The summed E-state index contributed by atoms with van der Waals surface area (Å²) >= 11 is 0. The summed E-state index contributed by atoms with van der Waals surface area (Å²) in [5, 5.41) is 1.24. The molecule has 6 nitrogen and oxygen atoms in total. The van der Waals surface area contributed by atoms with Crippen molar-refractivity contribution in [1.82, 2.24) is 9.44 Å². The molecule has 2 N–H and O–H groups in total. The third-order valence-corrected chi connectivity index (χ3v) is 9.07. The predicted molar refractivity (Wildman–Crippen MR) is 125 cm³/mol. The number of rotatable bonds is 10. The molecular formula is C22H34N2O4S2. The second kappa shape index (κ2) is 9.77. The van der Waals surface area contributed by atoms with Crippen LogP contribution in [0.4, 0.5) is 0 Å². The first-order chi connectivity index (χ1) is 13.8. The minimum Gasteiger partial charge on any atom is -0.214 e. The molecule has 0 bridgehead atoms. The van der Waals surface area contributed by atoms with E-state index in [-0.39, 0.29) is 11.8 Å². The Kier molecular flexibility index (Phi) is 8.07. The van der Waals surface area contributed by atoms with Gasteiger partial charge in [0.15, 0.2) is 0 Å². The first-order valence-electron chi connectivity index (χ1n) is 10.3. The Morgan fingerprint density at radius 1 is 0.633 bits per heavy atom. The van der Waals surface area contributed by atoms with Crippen LogP contribution in [0, 0.1) is 0 Å². The number of sulfonamides is 2. The molecule has 2 atom stereocenters. The Labute approximate surface area is 181 Å². The van der Waals surface area contributed by atoms with Gasteiger partial charge in [0.2, 0.25) is 20.0 Å². The average Bonchev–Trinajstić information content (AvgIpc) is 2.69. The van der Waals surface area contributed by atoms with Crippen molar-refractivity contribution in [3.05, 3.63) is 47.5 Å². The molecule has 0 heterocycles. The zero-order valence-electron chi connectivity index (χ0n) is 18.6. The maximum Gasteiger partial charge on any atom is 0.213 e. The summed E-state index contributed by atoms with van der Waals surface area (Å²) in [5.74, 6) is 0.0962. The van der Waals surface area contributed by atoms with Gasteiger partial charge in [-0.25, -0.2) is 26.3 Å². The lowest BCUT2D eigenvalue weighted by Crippen LogP contribution is -2.33. The van der Waals surface area contributed by atoms with Crippen LogP contribution >= 0.6 is 0 Å². The summed E-state index contributed by atoms with van der Waals surface area (Å²) in [6.45, 7) is 11.4. The minimum atomic E-state index is -3.28. The summed E-state index contributed by atoms with van der Waals surface area (Å²) in [5.41, 5.74) is 2.14. The quantitative estimate of drug-likeness (QED) is 0.572. The van der Waals surface area contributed by atoms with E-state index >= 15 is 0 Å². The van der Waals surface area contributed by atoms with E-state index < -0.39 is 30.5 Å². The SMILES string of the molecule is CC(C)S(=O)(=O)NC[C@@H](C)c1ccc2cc([C@H](C)CNS(=O)(=O)C(C)C)ccc2c1. The number of hydrogen-bond donors (Lipinski definition) is 2. The van der Waals surface area contributed by atoms with Crippen LogP contribution in [-0.4, -0.2) is 40.4 Å². The Bertz CT molecular complexity index is 990. The molecule has 0 unspecified atom stereocenters. The molecule has 168 valence electrons. The Morgan fingerprint density at radius 3 is 1.27 bits per heavy atom. The minimum absolute atomic E-state index is 0.0481. The monoisotopic (exact) mass is 454 g/mol. The topological polar surface area (TPSA) is 92.3 Å². The van der Waals surface area contributed by atoms with Crippen molar-refractivity contribution in [1.29, 1.82) is 0 Å². The highest BCUT2D eigenvalue weighted by Crippen LogP contribution is 2.25. The highest BCUT2D eigenvalue weighted by atomic mass is 32.2. The van der Waals surface area contributed by atoms with Gasteiger partial charge in [-0.1, -0.05) is 50.2 Å². The zero-order valence-corrected chi connectivity index (χ0v) is 20.3. The molecule has 2 rings (SSSR count). The fourth-order valence-corrected chi connectivity index (χ4v) is 4.58. The Morgan fingerprint density at radius 2 is 0.967 bits per heavy atom. The molecule has 30 heavy (non-hydrogen) atoms. The van der Waals surface area contributed by atoms with Gasteiger partial charge in [-0.3, -0.25) is 0 Å². The summed E-state index contributed by atoms with van der Waals surface area (Å²) in [6, 6.07) is 12.3. The van der Waals surface area contributed by atoms with Crippen molar-refractivity contribution in [2.24, 2.45) is 0 Å². The molecule has 0 aromatic heterocycles. The molecule has 0 spiro atoms. The predicted octanol–water partition coefficient (Wildman–Crippen LogP) is 3.70. The third-order valence-electron chi connectivity index (χ3n) is 5.45. The Balaban J connectivity index is 2.12. The van der Waals surface area contributed by atoms with E-state index in [0.717, 1.165) is 21.9 Å². The fraction of sp³-hybridized carbons (Fsp3) is 0.545. The van der Waals surface area contributed by atoms with Crippen LogP contribution in [0.3, 0.4) is 0 Å². The van der Waals surface area contributed by atoms with Gasteiger partial charge in [0.25, 0.3) is 0 Å². The van der Waals surface area contributed by atoms with Crippen molar-refractivity contribution in [3.8, 4) is 0 Å². The van der Waals surface area contributed by atoms with Crippen molar-refractivity contribution < 1.29 is 16.8 Å². The van der Waals surface area contributed by atoms with Crippen molar-refractivity contribution in [2.45, 2.75) is 63.9 Å². The second-order valence-corrected chi connectivity index (χ2v) is 13.2. The van der Waals surface area contributed by atoms with Gasteiger partial charge in [-0.05, 0) is 61.4 Å². The number of nitrogens with one attached hydrogen (secondary N) is 2. The van der Waals surface area contributed by atoms with E-state index in [1.807, 2.05) is 38.1 Å². The molecule has 0 saturated heterocycles. The molecule has 0 aliphatic carbocycles. The fourth-order valence-electron chi connectivity index (χ4n) is 2.95. The molecule has 0 aliphatic heterocycles. The summed E-state index contributed by atoms with van der Waals surface area (Å²) in [4.78, 5) is 0. The van der Waals surface area contributed by atoms with Crippen LogP contribution in [0.2, 0.25) is 0 Å². The van der Waals surface area contributed by atoms with Gasteiger partial charge in [0.05, 0.1) is 10.5 Å². The maximum atomic E-state index is 12.0. The van der Waals surface area contributed by atoms with Gasteiger partial charge in [0, 0.05) is 13.1 Å². The number of benzene rings is 2. The highest BCUT2D eigenvalue weighted by Gasteiger charge is 2.18. The third kappa shape index (κ3) is 6.26. The summed E-state index contributed by atoms with van der Waals surface area (Å²) in [7, 11) is -6.56. The van der Waals surface area contributed by atoms with E-state index in [1.54, 1.807) is 27.7 Å². The van der Waals surface area contributed by atoms with E-state index in [9.17, 15) is 16.8 Å². The largest absolute Gasteiger partial charge is 0.214 e. The molecule has 0 aliphatic rings. The van der Waals surface area contributed by atoms with Crippen molar-refractivity contribution in [3.63, 3.8) is 0 Å². The molecule has 0 amide bonds. The van der Waals surface area contributed by atoms with E-state index in [2.05, 4.69) is 21.6 Å². The molecule has 2 aromatic carbocycles. The van der Waals surface area contributed by atoms with Crippen molar-refractivity contribution in [2.75, 3.05) is 13.1 Å². The molecule has 0 saturated carbocycles. The smallest absolute Gasteiger partial charge is 0.213 e. The highest BCUT2D eigenvalue weighted by molar-refractivity contribution is 7.90. The first kappa shape index (κ1) is 24.8. The van der Waals surface area contributed by atoms with Crippen LogP contribution in [0.25, 0.3) is 10.8 Å². The van der Waals surface area contributed by atoms with Gasteiger partial charge in [-0.15, -0.1) is 0 Å². The summed E-state index contributed by atoms with van der Waals surface area (Å²) in [6.07, 6.45) is 0. The van der Waals surface area contributed by atoms with Gasteiger partial charge in [-0.2, -0.15) is 0 Å². The van der Waals surface area contributed by atoms with Crippen LogP contribution in [-0.2, 0) is 20.0 Å². The lowest BCUT2D eigenvalue weighted by Gasteiger charge is -2.17. The van der Waals surface area contributed by atoms with Crippen LogP contribution in [0.1, 0.15) is 64.5 Å². The molecular weight excluding hydrogens is 420 g/mol. The van der Waals surface area contributed by atoms with Gasteiger partial charge >= 0.3 is 0 Å². The van der Waals surface area contributed by atoms with Crippen LogP contribution < -0.4 is 9.44 Å². The van der Waals surface area contributed by atoms with Gasteiger partial charge < -0.3 is 0 Å². The lowest BCUT2D eigenvalue weighted by atomic mass is 9.94. The van der Waals surface area contributed by atoms with Crippen molar-refractivity contribution >= 4 is 30.8 Å². The molecule has 0 radical (unpaired) electrons. The van der Waals surface area contributed by atoms with E-state index in [4.69, 9.17) is 0 Å². The molecule has 8 heteroatoms. The maximum absolute atomic E-state index is 12.0. The van der Waals surface area contributed by atoms with E-state index in [1.165, 1.54) is 0 Å². The molecule has 0 fully saturated rings. The Hall–Kier alpha value is -1.48. The number of hydrogen-bond acceptors (Lipinski definition) is 4. The van der Waals surface area contributed by atoms with Gasteiger partial charge in [0.1, 0.15) is 0 Å². The molecule has 2 aromatic rings. The van der Waals surface area contributed by atoms with Crippen LogP contribution in [0.15, 0.2) is 36.4 Å². The average molecular weight is 455 g/mol.